The molecule has 1 amide bonds. The van der Waals surface area contributed by atoms with Crippen molar-refractivity contribution < 1.29 is 14.3 Å². The van der Waals surface area contributed by atoms with Crippen molar-refractivity contribution in [1.29, 1.82) is 0 Å². The summed E-state index contributed by atoms with van der Waals surface area (Å²) in [5.41, 5.74) is 2.07. The zero-order chi connectivity index (χ0) is 15.5. The largest absolute Gasteiger partial charge is 0.497 e. The first-order chi connectivity index (χ1) is 10.7. The van der Waals surface area contributed by atoms with E-state index in [9.17, 15) is 4.79 Å². The van der Waals surface area contributed by atoms with Crippen LogP contribution in [0.3, 0.4) is 0 Å². The van der Waals surface area contributed by atoms with Crippen molar-refractivity contribution in [1.82, 2.24) is 4.98 Å². The first-order valence-electron chi connectivity index (χ1n) is 6.82. The number of H-pyrrole nitrogens is 1. The van der Waals surface area contributed by atoms with Gasteiger partial charge in [-0.1, -0.05) is 0 Å². The molecule has 0 radical (unpaired) electrons. The third-order valence-electron chi connectivity index (χ3n) is 3.42. The molecule has 0 fully saturated rings. The second kappa shape index (κ2) is 5.81. The van der Waals surface area contributed by atoms with E-state index in [1.54, 1.807) is 38.5 Å². The van der Waals surface area contributed by atoms with E-state index in [4.69, 9.17) is 9.47 Å². The Balaban J connectivity index is 1.81. The van der Waals surface area contributed by atoms with Crippen LogP contribution in [0.15, 0.2) is 48.5 Å². The first-order valence-corrected chi connectivity index (χ1v) is 6.82. The third kappa shape index (κ3) is 2.74. The van der Waals surface area contributed by atoms with Crippen LogP contribution < -0.4 is 14.8 Å². The van der Waals surface area contributed by atoms with Gasteiger partial charge < -0.3 is 19.8 Å². The third-order valence-corrected chi connectivity index (χ3v) is 3.42. The van der Waals surface area contributed by atoms with E-state index >= 15 is 0 Å². The lowest BCUT2D eigenvalue weighted by Gasteiger charge is -2.04. The van der Waals surface area contributed by atoms with Gasteiger partial charge in [0.25, 0.3) is 5.91 Å². The molecule has 2 aromatic carbocycles. The Labute approximate surface area is 127 Å². The molecule has 5 nitrogen and oxygen atoms in total. The first kappa shape index (κ1) is 14.0. The summed E-state index contributed by atoms with van der Waals surface area (Å²) in [6, 6.07) is 14.6. The van der Waals surface area contributed by atoms with E-state index in [-0.39, 0.29) is 5.91 Å². The molecule has 0 spiro atoms. The molecule has 5 heteroatoms. The normalized spacial score (nSPS) is 10.5. The molecular formula is C17H16N2O3. The molecule has 0 atom stereocenters. The van der Waals surface area contributed by atoms with Gasteiger partial charge in [0.2, 0.25) is 0 Å². The molecular weight excluding hydrogens is 280 g/mol. The van der Waals surface area contributed by atoms with Gasteiger partial charge in [0.1, 0.15) is 17.2 Å². The second-order valence-electron chi connectivity index (χ2n) is 4.82. The predicted octanol–water partition coefficient (Wildman–Crippen LogP) is 3.44. The highest BCUT2D eigenvalue weighted by atomic mass is 16.5. The fourth-order valence-corrected chi connectivity index (χ4v) is 2.23. The number of nitrogens with one attached hydrogen (secondary N) is 2. The number of methoxy groups -OCH3 is 2. The van der Waals surface area contributed by atoms with Crippen molar-refractivity contribution in [2.45, 2.75) is 0 Å². The van der Waals surface area contributed by atoms with E-state index in [1.165, 1.54) is 0 Å². The minimum absolute atomic E-state index is 0.194. The summed E-state index contributed by atoms with van der Waals surface area (Å²) in [6.07, 6.45) is 0. The molecule has 0 aliphatic carbocycles. The van der Waals surface area contributed by atoms with Crippen LogP contribution in [0, 0.1) is 0 Å². The van der Waals surface area contributed by atoms with Crippen LogP contribution in [0.2, 0.25) is 0 Å². The van der Waals surface area contributed by atoms with Crippen molar-refractivity contribution in [3.63, 3.8) is 0 Å². The van der Waals surface area contributed by atoms with Crippen molar-refractivity contribution in [2.24, 2.45) is 0 Å². The van der Waals surface area contributed by atoms with Gasteiger partial charge >= 0.3 is 0 Å². The summed E-state index contributed by atoms with van der Waals surface area (Å²) in [5, 5.41) is 3.80. The monoisotopic (exact) mass is 296 g/mol. The molecule has 0 aliphatic heterocycles. The van der Waals surface area contributed by atoms with Crippen LogP contribution >= 0.6 is 0 Å². The van der Waals surface area contributed by atoms with Gasteiger partial charge in [0, 0.05) is 22.7 Å². The molecule has 1 aromatic heterocycles. The highest BCUT2D eigenvalue weighted by Gasteiger charge is 2.10. The minimum atomic E-state index is -0.194. The highest BCUT2D eigenvalue weighted by Crippen LogP contribution is 2.22. The summed E-state index contributed by atoms with van der Waals surface area (Å²) in [6.45, 7) is 0. The summed E-state index contributed by atoms with van der Waals surface area (Å²) in [5.74, 6) is 1.30. The van der Waals surface area contributed by atoms with E-state index < -0.39 is 0 Å². The summed E-state index contributed by atoms with van der Waals surface area (Å²) in [4.78, 5) is 15.4. The number of hydrogen-bond acceptors (Lipinski definition) is 3. The SMILES string of the molecule is COc1ccc(NC(=O)c2cc3ccc(OC)cc3[nH]2)cc1. The molecule has 3 aromatic rings. The molecule has 0 saturated heterocycles. The Kier molecular flexibility index (Phi) is 3.70. The van der Waals surface area contributed by atoms with Crippen LogP contribution in [-0.4, -0.2) is 25.1 Å². The molecule has 3 rings (SSSR count). The Morgan fingerprint density at radius 2 is 1.64 bits per heavy atom. The standard InChI is InChI=1S/C17H16N2O3/c1-21-13-7-4-12(5-8-13)18-17(20)16-9-11-3-6-14(22-2)10-15(11)19-16/h3-10,19H,1-2H3,(H,18,20). The average molecular weight is 296 g/mol. The fourth-order valence-electron chi connectivity index (χ4n) is 2.23. The number of hydrogen-bond donors (Lipinski definition) is 2. The molecule has 0 bridgehead atoms. The Hall–Kier alpha value is -2.95. The van der Waals surface area contributed by atoms with Crippen molar-refractivity contribution in [2.75, 3.05) is 19.5 Å². The Morgan fingerprint density at radius 3 is 2.32 bits per heavy atom. The van der Waals surface area contributed by atoms with Crippen LogP contribution in [-0.2, 0) is 0 Å². The maximum absolute atomic E-state index is 12.3. The zero-order valence-corrected chi connectivity index (χ0v) is 12.3. The van der Waals surface area contributed by atoms with Gasteiger partial charge in [-0.2, -0.15) is 0 Å². The van der Waals surface area contributed by atoms with E-state index in [1.807, 2.05) is 24.3 Å². The van der Waals surface area contributed by atoms with Crippen LogP contribution in [0.4, 0.5) is 5.69 Å². The molecule has 22 heavy (non-hydrogen) atoms. The smallest absolute Gasteiger partial charge is 0.272 e. The summed E-state index contributed by atoms with van der Waals surface area (Å²) in [7, 11) is 3.22. The number of carbonyl (C=O) groups excluding carboxylic acids is 1. The molecule has 2 N–H and O–H groups in total. The Morgan fingerprint density at radius 1 is 0.955 bits per heavy atom. The number of fused-ring (bicyclic) bond motifs is 1. The minimum Gasteiger partial charge on any atom is -0.497 e. The van der Waals surface area contributed by atoms with Gasteiger partial charge in [0.05, 0.1) is 14.2 Å². The van der Waals surface area contributed by atoms with Crippen molar-refractivity contribution in [3.8, 4) is 11.5 Å². The van der Waals surface area contributed by atoms with E-state index in [0.29, 0.717) is 11.4 Å². The lowest BCUT2D eigenvalue weighted by molar-refractivity contribution is 0.102. The summed E-state index contributed by atoms with van der Waals surface area (Å²) < 4.78 is 10.3. The lowest BCUT2D eigenvalue weighted by atomic mass is 10.2. The molecule has 112 valence electrons. The molecule has 0 unspecified atom stereocenters. The average Bonchev–Trinajstić information content (AvgIpc) is 2.98. The maximum atomic E-state index is 12.3. The number of amides is 1. The number of carbonyl (C=O) groups is 1. The number of rotatable bonds is 4. The van der Waals surface area contributed by atoms with Crippen molar-refractivity contribution >= 4 is 22.5 Å². The fraction of sp³-hybridized carbons (Fsp3) is 0.118. The van der Waals surface area contributed by atoms with Gasteiger partial charge in [-0.25, -0.2) is 0 Å². The number of benzene rings is 2. The van der Waals surface area contributed by atoms with Crippen molar-refractivity contribution in [3.05, 3.63) is 54.2 Å². The Bertz CT molecular complexity index is 806. The maximum Gasteiger partial charge on any atom is 0.272 e. The van der Waals surface area contributed by atoms with E-state index in [2.05, 4.69) is 10.3 Å². The molecule has 1 heterocycles. The number of aromatic amines is 1. The van der Waals surface area contributed by atoms with Gasteiger partial charge in [-0.3, -0.25) is 4.79 Å². The molecule has 0 saturated carbocycles. The topological polar surface area (TPSA) is 63.4 Å². The van der Waals surface area contributed by atoms with Gasteiger partial charge in [0.15, 0.2) is 0 Å². The number of aromatic nitrogens is 1. The van der Waals surface area contributed by atoms with E-state index in [0.717, 1.165) is 22.4 Å². The molecule has 0 aliphatic rings. The second-order valence-corrected chi connectivity index (χ2v) is 4.82. The van der Waals surface area contributed by atoms with Crippen LogP contribution in [0.25, 0.3) is 10.9 Å². The predicted molar refractivity (Wildman–Crippen MR) is 85.8 cm³/mol. The number of anilines is 1. The summed E-state index contributed by atoms with van der Waals surface area (Å²) >= 11 is 0. The van der Waals surface area contributed by atoms with Gasteiger partial charge in [-0.05, 0) is 42.5 Å². The lowest BCUT2D eigenvalue weighted by Crippen LogP contribution is -2.12. The van der Waals surface area contributed by atoms with Crippen LogP contribution in [0.1, 0.15) is 10.5 Å². The van der Waals surface area contributed by atoms with Gasteiger partial charge in [-0.15, -0.1) is 0 Å². The highest BCUT2D eigenvalue weighted by molar-refractivity contribution is 6.06. The van der Waals surface area contributed by atoms with Crippen LogP contribution in [0.5, 0.6) is 11.5 Å². The zero-order valence-electron chi connectivity index (χ0n) is 12.3. The number of ether oxygens (including phenoxy) is 2. The quantitative estimate of drug-likeness (QED) is 0.775.